The van der Waals surface area contributed by atoms with E-state index in [0.717, 1.165) is 12.1 Å². The van der Waals surface area contributed by atoms with Gasteiger partial charge in [0.2, 0.25) is 0 Å². The number of nitrogens with one attached hydrogen (secondary N) is 1. The fraction of sp³-hybridized carbons (Fsp3) is 0.182. The number of hydrogen-bond donors (Lipinski definition) is 1. The highest BCUT2D eigenvalue weighted by atomic mass is 32.2. The van der Waals surface area contributed by atoms with Crippen molar-refractivity contribution in [3.05, 3.63) is 71.6 Å². The molecule has 0 fully saturated rings. The van der Waals surface area contributed by atoms with E-state index >= 15 is 0 Å². The Hall–Kier alpha value is -3.34. The summed E-state index contributed by atoms with van der Waals surface area (Å²) < 4.78 is 100. The summed E-state index contributed by atoms with van der Waals surface area (Å²) in [6, 6.07) is 8.85. The van der Waals surface area contributed by atoms with Gasteiger partial charge in [-0.3, -0.25) is 4.72 Å². The lowest BCUT2D eigenvalue weighted by Crippen LogP contribution is -2.18. The smallest absolute Gasteiger partial charge is 0.262 e. The molecular weight excluding hydrogens is 465 g/mol. The first-order valence-corrected chi connectivity index (χ1v) is 11.0. The van der Waals surface area contributed by atoms with Crippen LogP contribution >= 0.6 is 0 Å². The molecule has 0 aliphatic heterocycles. The molecule has 1 N–H and O–H groups in total. The van der Waals surface area contributed by atoms with Gasteiger partial charge in [0.25, 0.3) is 10.0 Å². The van der Waals surface area contributed by atoms with Crippen molar-refractivity contribution in [3.8, 4) is 11.1 Å². The predicted molar refractivity (Wildman–Crippen MR) is 118 cm³/mol. The van der Waals surface area contributed by atoms with Gasteiger partial charge in [0.1, 0.15) is 0 Å². The van der Waals surface area contributed by atoms with Gasteiger partial charge >= 0.3 is 0 Å². The van der Waals surface area contributed by atoms with Crippen LogP contribution in [0.15, 0.2) is 47.4 Å². The van der Waals surface area contributed by atoms with E-state index in [0.29, 0.717) is 0 Å². The Balaban J connectivity index is 2.36. The quantitative estimate of drug-likeness (QED) is 0.304. The standard InChI is InChI=1S/C22H20F5N3O2S/c1-29(2)14-10-12(11-15(17(14)23)30(3)4)16-18(24)19(25)20(26)21(27)22(16)28-33(31,32)13-8-6-5-7-9-13/h5-11,28H,1-4H3. The molecule has 0 saturated heterocycles. The lowest BCUT2D eigenvalue weighted by atomic mass is 9.99. The van der Waals surface area contributed by atoms with Crippen LogP contribution in [0.4, 0.5) is 39.0 Å². The van der Waals surface area contributed by atoms with Crippen LogP contribution < -0.4 is 14.5 Å². The molecule has 3 aromatic carbocycles. The second-order valence-corrected chi connectivity index (χ2v) is 9.22. The van der Waals surface area contributed by atoms with Crippen LogP contribution in [0.25, 0.3) is 11.1 Å². The van der Waals surface area contributed by atoms with Gasteiger partial charge < -0.3 is 9.80 Å². The van der Waals surface area contributed by atoms with Gasteiger partial charge in [0.05, 0.1) is 22.0 Å². The summed E-state index contributed by atoms with van der Waals surface area (Å²) in [7, 11) is 1.44. The Morgan fingerprint density at radius 1 is 0.697 bits per heavy atom. The lowest BCUT2D eigenvalue weighted by Gasteiger charge is -2.23. The van der Waals surface area contributed by atoms with Gasteiger partial charge in [0.15, 0.2) is 29.1 Å². The van der Waals surface area contributed by atoms with E-state index < -0.39 is 50.4 Å². The molecule has 0 bridgehead atoms. The Labute approximate surface area is 188 Å². The summed E-state index contributed by atoms with van der Waals surface area (Å²) in [6.07, 6.45) is 0. The van der Waals surface area contributed by atoms with Crippen LogP contribution in [-0.2, 0) is 10.0 Å². The van der Waals surface area contributed by atoms with Crippen LogP contribution in [0.2, 0.25) is 0 Å². The summed E-state index contributed by atoms with van der Waals surface area (Å²) in [5.74, 6) is -8.80. The van der Waals surface area contributed by atoms with Crippen molar-refractivity contribution in [2.75, 3.05) is 42.7 Å². The molecule has 0 aliphatic carbocycles. The minimum atomic E-state index is -4.51. The number of benzene rings is 3. The number of halogens is 5. The Morgan fingerprint density at radius 2 is 1.18 bits per heavy atom. The van der Waals surface area contributed by atoms with Crippen molar-refractivity contribution in [2.45, 2.75) is 4.90 Å². The minimum Gasteiger partial charge on any atom is -0.375 e. The van der Waals surface area contributed by atoms with Crippen LogP contribution in [0, 0.1) is 29.1 Å². The highest BCUT2D eigenvalue weighted by Gasteiger charge is 2.30. The summed E-state index contributed by atoms with van der Waals surface area (Å²) in [6.45, 7) is 0. The van der Waals surface area contributed by atoms with E-state index in [9.17, 15) is 30.4 Å². The zero-order valence-corrected chi connectivity index (χ0v) is 18.9. The van der Waals surface area contributed by atoms with Gasteiger partial charge in [-0.05, 0) is 29.8 Å². The molecule has 3 rings (SSSR count). The molecule has 0 amide bonds. The minimum absolute atomic E-state index is 0.0717. The molecule has 0 atom stereocenters. The van der Waals surface area contributed by atoms with Gasteiger partial charge in [-0.25, -0.2) is 30.4 Å². The molecule has 0 unspecified atom stereocenters. The number of sulfonamides is 1. The number of hydrogen-bond acceptors (Lipinski definition) is 4. The van der Waals surface area contributed by atoms with Gasteiger partial charge in [-0.15, -0.1) is 0 Å². The van der Waals surface area contributed by atoms with Gasteiger partial charge in [-0.2, -0.15) is 0 Å². The molecule has 5 nitrogen and oxygen atoms in total. The maximum atomic E-state index is 15.0. The Kier molecular flexibility index (Phi) is 6.55. The van der Waals surface area contributed by atoms with Gasteiger partial charge in [-0.1, -0.05) is 18.2 Å². The molecule has 0 heterocycles. The summed E-state index contributed by atoms with van der Waals surface area (Å²) in [5, 5.41) is 0. The van der Waals surface area contributed by atoms with Crippen LogP contribution in [0.3, 0.4) is 0 Å². The fourth-order valence-corrected chi connectivity index (χ4v) is 4.27. The van der Waals surface area contributed by atoms with Crippen molar-refractivity contribution >= 4 is 27.1 Å². The average Bonchev–Trinajstić information content (AvgIpc) is 2.76. The topological polar surface area (TPSA) is 52.7 Å². The first-order chi connectivity index (χ1) is 15.4. The fourth-order valence-electron chi connectivity index (χ4n) is 3.18. The summed E-state index contributed by atoms with van der Waals surface area (Å²) in [4.78, 5) is 2.37. The van der Waals surface area contributed by atoms with Crippen molar-refractivity contribution in [1.29, 1.82) is 0 Å². The summed E-state index contributed by atoms with van der Waals surface area (Å²) in [5.41, 5.74) is -2.46. The first kappa shape index (κ1) is 24.3. The molecule has 0 aromatic heterocycles. The Bertz CT molecular complexity index is 1280. The van der Waals surface area contributed by atoms with E-state index in [2.05, 4.69) is 0 Å². The highest BCUT2D eigenvalue weighted by Crippen LogP contribution is 2.41. The third-order valence-corrected chi connectivity index (χ3v) is 6.21. The monoisotopic (exact) mass is 485 g/mol. The number of rotatable bonds is 6. The maximum Gasteiger partial charge on any atom is 0.262 e. The lowest BCUT2D eigenvalue weighted by molar-refractivity contribution is 0.413. The van der Waals surface area contributed by atoms with Crippen molar-refractivity contribution < 1.29 is 30.4 Å². The molecule has 0 saturated carbocycles. The van der Waals surface area contributed by atoms with Crippen LogP contribution in [-0.4, -0.2) is 36.6 Å². The van der Waals surface area contributed by atoms with E-state index in [1.54, 1.807) is 0 Å². The number of anilines is 3. The van der Waals surface area contributed by atoms with Crippen molar-refractivity contribution in [1.82, 2.24) is 0 Å². The normalized spacial score (nSPS) is 11.4. The molecule has 3 aromatic rings. The van der Waals surface area contributed by atoms with Crippen molar-refractivity contribution in [3.63, 3.8) is 0 Å². The predicted octanol–water partition coefficient (Wildman–Crippen LogP) is 4.98. The van der Waals surface area contributed by atoms with E-state index in [1.165, 1.54) is 68.3 Å². The molecule has 33 heavy (non-hydrogen) atoms. The summed E-state index contributed by atoms with van der Waals surface area (Å²) >= 11 is 0. The number of nitrogens with zero attached hydrogens (tertiary/aromatic N) is 2. The third kappa shape index (κ3) is 4.45. The SMILES string of the molecule is CN(C)c1cc(-c2c(F)c(F)c(F)c(F)c2NS(=O)(=O)c2ccccc2)cc(N(C)C)c1F. The highest BCUT2D eigenvalue weighted by molar-refractivity contribution is 7.92. The first-order valence-electron chi connectivity index (χ1n) is 9.49. The van der Waals surface area contributed by atoms with Gasteiger partial charge in [0, 0.05) is 33.8 Å². The zero-order chi connectivity index (χ0) is 24.7. The van der Waals surface area contributed by atoms with E-state index in [1.807, 2.05) is 4.72 Å². The van der Waals surface area contributed by atoms with Crippen LogP contribution in [0.5, 0.6) is 0 Å². The molecular formula is C22H20F5N3O2S. The zero-order valence-electron chi connectivity index (χ0n) is 18.1. The third-order valence-electron chi connectivity index (χ3n) is 4.84. The molecule has 11 heteroatoms. The maximum absolute atomic E-state index is 15.0. The molecule has 0 radical (unpaired) electrons. The second-order valence-electron chi connectivity index (χ2n) is 7.54. The molecule has 0 spiro atoms. The van der Waals surface area contributed by atoms with E-state index in [-0.39, 0.29) is 21.8 Å². The van der Waals surface area contributed by atoms with Crippen LogP contribution in [0.1, 0.15) is 0 Å². The molecule has 0 aliphatic rings. The largest absolute Gasteiger partial charge is 0.375 e. The Morgan fingerprint density at radius 3 is 1.67 bits per heavy atom. The van der Waals surface area contributed by atoms with Crippen molar-refractivity contribution in [2.24, 2.45) is 0 Å². The average molecular weight is 485 g/mol. The second kappa shape index (κ2) is 8.89. The van der Waals surface area contributed by atoms with E-state index in [4.69, 9.17) is 0 Å². The molecule has 176 valence electrons.